The Hall–Kier alpha value is -0.790. The lowest BCUT2D eigenvalue weighted by Crippen LogP contribution is -2.22. The molecule has 0 radical (unpaired) electrons. The van der Waals surface area contributed by atoms with Crippen molar-refractivity contribution in [2.24, 2.45) is 7.05 Å². The molecule has 1 aromatic heterocycles. The van der Waals surface area contributed by atoms with E-state index < -0.39 is 0 Å². The van der Waals surface area contributed by atoms with Crippen LogP contribution < -0.4 is 4.57 Å². The number of H-pyrrole nitrogens is 1. The Morgan fingerprint density at radius 2 is 2.17 bits per heavy atom. The van der Waals surface area contributed by atoms with Gasteiger partial charge in [0.05, 0.1) is 7.05 Å². The first-order valence-electron chi connectivity index (χ1n) is 4.85. The first kappa shape index (κ1) is 9.30. The zero-order valence-corrected chi connectivity index (χ0v) is 8.14. The number of hydrogen-bond acceptors (Lipinski definition) is 0. The van der Waals surface area contributed by atoms with Crippen molar-refractivity contribution in [3.63, 3.8) is 0 Å². The molecule has 1 heterocycles. The van der Waals surface area contributed by atoms with Crippen molar-refractivity contribution in [2.75, 3.05) is 0 Å². The Morgan fingerprint density at radius 1 is 1.33 bits per heavy atom. The molecule has 0 atom stereocenters. The molecule has 1 N–H and O–H groups in total. The molecule has 1 aromatic rings. The quantitative estimate of drug-likeness (QED) is 0.511. The van der Waals surface area contributed by atoms with Crippen LogP contribution in [0.25, 0.3) is 0 Å². The lowest BCUT2D eigenvalue weighted by atomic mass is 10.1. The van der Waals surface area contributed by atoms with E-state index in [-0.39, 0.29) is 0 Å². The minimum absolute atomic E-state index is 1.20. The summed E-state index contributed by atoms with van der Waals surface area (Å²) in [6.45, 7) is 2.24. The van der Waals surface area contributed by atoms with Crippen molar-refractivity contribution < 1.29 is 4.57 Å². The third kappa shape index (κ3) is 3.07. The number of imidazole rings is 1. The fraction of sp³-hybridized carbons (Fsp3) is 0.700. The van der Waals surface area contributed by atoms with Crippen LogP contribution in [0.3, 0.4) is 0 Å². The highest BCUT2D eigenvalue weighted by atomic mass is 15.0. The van der Waals surface area contributed by atoms with Crippen LogP contribution in [0.15, 0.2) is 12.5 Å². The van der Waals surface area contributed by atoms with Crippen molar-refractivity contribution in [1.82, 2.24) is 4.98 Å². The zero-order valence-electron chi connectivity index (χ0n) is 8.14. The van der Waals surface area contributed by atoms with Gasteiger partial charge in [-0.15, -0.1) is 0 Å². The summed E-state index contributed by atoms with van der Waals surface area (Å²) >= 11 is 0. The SMILES string of the molecule is CCCCCCc1c[n+](C)c[nH]1. The number of nitrogens with one attached hydrogen (secondary N) is 1. The molecule has 0 amide bonds. The second-order valence-electron chi connectivity index (χ2n) is 3.40. The molecule has 0 aliphatic rings. The predicted molar refractivity (Wildman–Crippen MR) is 49.8 cm³/mol. The van der Waals surface area contributed by atoms with Crippen molar-refractivity contribution in [3.05, 3.63) is 18.2 Å². The van der Waals surface area contributed by atoms with Crippen molar-refractivity contribution in [3.8, 4) is 0 Å². The van der Waals surface area contributed by atoms with E-state index in [1.54, 1.807) is 0 Å². The van der Waals surface area contributed by atoms with Gasteiger partial charge in [0.1, 0.15) is 11.9 Å². The molecule has 0 saturated carbocycles. The van der Waals surface area contributed by atoms with E-state index in [1.165, 1.54) is 37.8 Å². The minimum atomic E-state index is 1.20. The van der Waals surface area contributed by atoms with Crippen LogP contribution >= 0.6 is 0 Å². The second-order valence-corrected chi connectivity index (χ2v) is 3.40. The van der Waals surface area contributed by atoms with Gasteiger partial charge in [-0.05, 0) is 6.42 Å². The molecule has 0 aliphatic heterocycles. The van der Waals surface area contributed by atoms with E-state index >= 15 is 0 Å². The first-order chi connectivity index (χ1) is 5.83. The van der Waals surface area contributed by atoms with Gasteiger partial charge in [0, 0.05) is 6.42 Å². The maximum atomic E-state index is 3.25. The molecule has 0 bridgehead atoms. The number of aromatic nitrogens is 2. The highest BCUT2D eigenvalue weighted by Gasteiger charge is 2.00. The van der Waals surface area contributed by atoms with E-state index in [1.807, 2.05) is 13.4 Å². The maximum Gasteiger partial charge on any atom is 0.241 e. The second kappa shape index (κ2) is 4.96. The highest BCUT2D eigenvalue weighted by molar-refractivity contribution is 4.89. The van der Waals surface area contributed by atoms with E-state index in [4.69, 9.17) is 0 Å². The number of nitrogens with zero attached hydrogens (tertiary/aromatic N) is 1. The molecule has 68 valence electrons. The van der Waals surface area contributed by atoms with Crippen LogP contribution in [0.1, 0.15) is 38.3 Å². The summed E-state index contributed by atoms with van der Waals surface area (Å²) in [4.78, 5) is 3.25. The summed E-state index contributed by atoms with van der Waals surface area (Å²) < 4.78 is 2.06. The fourth-order valence-electron chi connectivity index (χ4n) is 1.38. The summed E-state index contributed by atoms with van der Waals surface area (Å²) in [6, 6.07) is 0. The molecule has 0 fully saturated rings. The molecule has 1 rings (SSSR count). The summed E-state index contributed by atoms with van der Waals surface area (Å²) in [6.07, 6.45) is 10.7. The normalized spacial score (nSPS) is 10.5. The molecule has 0 aromatic carbocycles. The number of hydrogen-bond donors (Lipinski definition) is 1. The van der Waals surface area contributed by atoms with Gasteiger partial charge in [-0.2, -0.15) is 0 Å². The Morgan fingerprint density at radius 3 is 2.75 bits per heavy atom. The summed E-state index contributed by atoms with van der Waals surface area (Å²) in [5.74, 6) is 0. The lowest BCUT2D eigenvalue weighted by molar-refractivity contribution is -0.670. The summed E-state index contributed by atoms with van der Waals surface area (Å²) in [5, 5.41) is 0. The summed E-state index contributed by atoms with van der Waals surface area (Å²) in [5.41, 5.74) is 1.36. The monoisotopic (exact) mass is 167 g/mol. The number of aromatic amines is 1. The zero-order chi connectivity index (χ0) is 8.81. The minimum Gasteiger partial charge on any atom is -0.248 e. The van der Waals surface area contributed by atoms with E-state index in [0.717, 1.165) is 0 Å². The maximum absolute atomic E-state index is 3.25. The number of rotatable bonds is 5. The molecule has 0 unspecified atom stereocenters. The van der Waals surface area contributed by atoms with E-state index in [0.29, 0.717) is 0 Å². The van der Waals surface area contributed by atoms with Gasteiger partial charge < -0.3 is 0 Å². The first-order valence-corrected chi connectivity index (χ1v) is 4.85. The van der Waals surface area contributed by atoms with Crippen molar-refractivity contribution in [2.45, 2.75) is 39.0 Å². The molecule has 12 heavy (non-hydrogen) atoms. The fourth-order valence-corrected chi connectivity index (χ4v) is 1.38. The smallest absolute Gasteiger partial charge is 0.241 e. The van der Waals surface area contributed by atoms with Crippen LogP contribution in [0, 0.1) is 0 Å². The Kier molecular flexibility index (Phi) is 3.85. The van der Waals surface area contributed by atoms with Crippen LogP contribution in [0.2, 0.25) is 0 Å². The van der Waals surface area contributed by atoms with Gasteiger partial charge in [0.15, 0.2) is 0 Å². The van der Waals surface area contributed by atoms with Crippen LogP contribution in [-0.4, -0.2) is 4.98 Å². The lowest BCUT2D eigenvalue weighted by Gasteiger charge is -1.93. The third-order valence-electron chi connectivity index (χ3n) is 2.11. The van der Waals surface area contributed by atoms with Gasteiger partial charge in [0.25, 0.3) is 0 Å². The van der Waals surface area contributed by atoms with Crippen LogP contribution in [-0.2, 0) is 13.5 Å². The van der Waals surface area contributed by atoms with Gasteiger partial charge in [0.2, 0.25) is 6.33 Å². The van der Waals surface area contributed by atoms with Gasteiger partial charge in [-0.1, -0.05) is 26.2 Å². The average molecular weight is 167 g/mol. The largest absolute Gasteiger partial charge is 0.248 e. The standard InChI is InChI=1S/C10H18N2/c1-3-4-5-6-7-10-8-12(2)9-11-10/h8-9H,3-7H2,1-2H3/p+1. The Bertz CT molecular complexity index is 215. The predicted octanol–water partition coefficient (Wildman–Crippen LogP) is 1.96. The average Bonchev–Trinajstić information content (AvgIpc) is 2.45. The van der Waals surface area contributed by atoms with Gasteiger partial charge in [-0.3, -0.25) is 0 Å². The van der Waals surface area contributed by atoms with Crippen molar-refractivity contribution >= 4 is 0 Å². The number of unbranched alkanes of at least 4 members (excludes halogenated alkanes) is 3. The topological polar surface area (TPSA) is 19.7 Å². The van der Waals surface area contributed by atoms with Crippen molar-refractivity contribution in [1.29, 1.82) is 0 Å². The van der Waals surface area contributed by atoms with E-state index in [2.05, 4.69) is 22.7 Å². The van der Waals surface area contributed by atoms with Gasteiger partial charge in [-0.25, -0.2) is 9.55 Å². The summed E-state index contributed by atoms with van der Waals surface area (Å²) in [7, 11) is 2.05. The molecule has 2 nitrogen and oxygen atoms in total. The van der Waals surface area contributed by atoms with Crippen LogP contribution in [0.5, 0.6) is 0 Å². The Balaban J connectivity index is 2.15. The highest BCUT2D eigenvalue weighted by Crippen LogP contribution is 2.03. The molecule has 2 heteroatoms. The molecule has 0 spiro atoms. The molecule has 0 saturated heterocycles. The molecular weight excluding hydrogens is 148 g/mol. The number of aryl methyl sites for hydroxylation is 2. The van der Waals surface area contributed by atoms with E-state index in [9.17, 15) is 0 Å². The molecular formula is C10H19N2+. The third-order valence-corrected chi connectivity index (χ3v) is 2.11. The van der Waals surface area contributed by atoms with Gasteiger partial charge >= 0.3 is 0 Å². The Labute approximate surface area is 74.6 Å². The van der Waals surface area contributed by atoms with Crippen LogP contribution in [0.4, 0.5) is 0 Å². The molecule has 0 aliphatic carbocycles.